The fourth-order valence-electron chi connectivity index (χ4n) is 1.96. The van der Waals surface area contributed by atoms with Crippen molar-refractivity contribution in [1.29, 1.82) is 0 Å². The van der Waals surface area contributed by atoms with Crippen molar-refractivity contribution in [3.63, 3.8) is 0 Å². The molecule has 1 aromatic carbocycles. The minimum atomic E-state index is -4.90. The minimum absolute atomic E-state index is 0.0449. The molecule has 0 N–H and O–H groups in total. The van der Waals surface area contributed by atoms with E-state index in [1.54, 1.807) is 6.92 Å². The molecular weight excluding hydrogens is 416 g/mol. The Labute approximate surface area is 155 Å². The van der Waals surface area contributed by atoms with Crippen LogP contribution in [0.1, 0.15) is 26.3 Å². The first kappa shape index (κ1) is 23.5. The van der Waals surface area contributed by atoms with E-state index in [9.17, 15) is 26.2 Å². The highest BCUT2D eigenvalue weighted by atomic mass is 32.2. The van der Waals surface area contributed by atoms with Gasteiger partial charge < -0.3 is 9.05 Å². The summed E-state index contributed by atoms with van der Waals surface area (Å²) < 4.78 is 91.6. The van der Waals surface area contributed by atoms with E-state index in [-0.39, 0.29) is 18.1 Å². The van der Waals surface area contributed by atoms with Gasteiger partial charge in [-0.15, -0.1) is 11.8 Å². The van der Waals surface area contributed by atoms with Crippen molar-refractivity contribution < 1.29 is 39.4 Å². The monoisotopic (exact) mass is 436 g/mol. The summed E-state index contributed by atoms with van der Waals surface area (Å²) in [5.41, 5.74) is -1.35. The van der Waals surface area contributed by atoms with Crippen LogP contribution < -0.4 is 0 Å². The molecule has 0 fully saturated rings. The maximum absolute atomic E-state index is 13.3. The number of rotatable bonds is 10. The summed E-state index contributed by atoms with van der Waals surface area (Å²) in [6.07, 6.45) is -5.92. The summed E-state index contributed by atoms with van der Waals surface area (Å²) in [6.45, 7) is 4.60. The van der Waals surface area contributed by atoms with Gasteiger partial charge in [0.25, 0.3) is 10.1 Å². The van der Waals surface area contributed by atoms with Gasteiger partial charge in [0.2, 0.25) is 0 Å². The van der Waals surface area contributed by atoms with Gasteiger partial charge in [-0.2, -0.15) is 21.6 Å². The molecule has 6 nitrogen and oxygen atoms in total. The van der Waals surface area contributed by atoms with Gasteiger partial charge in [-0.05, 0) is 31.7 Å². The Morgan fingerprint density at radius 2 is 1.69 bits per heavy atom. The highest BCUT2D eigenvalue weighted by molar-refractivity contribution is 8.00. The molecule has 150 valence electrons. The Kier molecular flexibility index (Phi) is 8.63. The van der Waals surface area contributed by atoms with Crippen LogP contribution in [0.2, 0.25) is 0 Å². The molecule has 0 aliphatic rings. The van der Waals surface area contributed by atoms with E-state index in [1.165, 1.54) is 19.9 Å². The quantitative estimate of drug-likeness (QED) is 0.298. The normalized spacial score (nSPS) is 13.2. The third kappa shape index (κ3) is 6.24. The van der Waals surface area contributed by atoms with Crippen LogP contribution in [0.25, 0.3) is 0 Å². The second kappa shape index (κ2) is 9.57. The van der Waals surface area contributed by atoms with Crippen molar-refractivity contribution in [2.45, 2.75) is 36.7 Å². The van der Waals surface area contributed by atoms with Gasteiger partial charge in [-0.1, -0.05) is 13.0 Å². The molecule has 0 aliphatic carbocycles. The van der Waals surface area contributed by atoms with Crippen LogP contribution in [0.4, 0.5) is 13.2 Å². The molecule has 0 unspecified atom stereocenters. The first-order chi connectivity index (χ1) is 12.0. The van der Waals surface area contributed by atoms with E-state index >= 15 is 0 Å². The van der Waals surface area contributed by atoms with E-state index in [2.05, 4.69) is 4.18 Å². The molecule has 0 saturated carbocycles. The molecule has 0 amide bonds. The van der Waals surface area contributed by atoms with Crippen molar-refractivity contribution >= 4 is 29.5 Å². The average molecular weight is 436 g/mol. The van der Waals surface area contributed by atoms with Gasteiger partial charge in [0.05, 0.1) is 18.8 Å². The van der Waals surface area contributed by atoms with Crippen LogP contribution in [0.3, 0.4) is 0 Å². The molecule has 26 heavy (non-hydrogen) atoms. The summed E-state index contributed by atoms with van der Waals surface area (Å²) in [5.74, 6) is 0.347. The standard InChI is InChI=1S/C14H20F3O6PS2/c1-4-21-24(18,22-5-2)10-23-26(19,20)13-11(14(15,16)17)8-7-9-12(13)25-6-3/h7-9H,4-6,10H2,1-3H3. The lowest BCUT2D eigenvalue weighted by atomic mass is 10.2. The summed E-state index contributed by atoms with van der Waals surface area (Å²) in [7, 11) is -8.78. The molecule has 0 aromatic heterocycles. The number of halogens is 3. The molecular formula is C14H20F3O6PS2. The zero-order chi connectivity index (χ0) is 20.0. The molecule has 1 aromatic rings. The zero-order valence-corrected chi connectivity index (χ0v) is 16.9. The summed E-state index contributed by atoms with van der Waals surface area (Å²) in [6, 6.07) is 3.02. The smallest absolute Gasteiger partial charge is 0.307 e. The number of alkyl halides is 3. The first-order valence-electron chi connectivity index (χ1n) is 7.61. The molecule has 0 saturated heterocycles. The van der Waals surface area contributed by atoms with Gasteiger partial charge in [-0.25, -0.2) is 0 Å². The fourth-order valence-corrected chi connectivity index (χ4v) is 6.14. The minimum Gasteiger partial charge on any atom is -0.307 e. The maximum Gasteiger partial charge on any atom is 0.417 e. The second-order valence-corrected chi connectivity index (χ2v) is 9.57. The lowest BCUT2D eigenvalue weighted by molar-refractivity contribution is -0.140. The van der Waals surface area contributed by atoms with Crippen molar-refractivity contribution in [1.82, 2.24) is 0 Å². The fraction of sp³-hybridized carbons (Fsp3) is 0.571. The molecule has 0 atom stereocenters. The van der Waals surface area contributed by atoms with E-state index < -0.39 is 40.7 Å². The van der Waals surface area contributed by atoms with Gasteiger partial charge in [0.1, 0.15) is 4.90 Å². The average Bonchev–Trinajstić information content (AvgIpc) is 2.53. The molecule has 0 spiro atoms. The molecule has 12 heteroatoms. The number of benzene rings is 1. The zero-order valence-electron chi connectivity index (χ0n) is 14.4. The topological polar surface area (TPSA) is 78.9 Å². The van der Waals surface area contributed by atoms with Crippen LogP contribution in [-0.4, -0.2) is 33.7 Å². The van der Waals surface area contributed by atoms with Crippen LogP contribution in [0, 0.1) is 0 Å². The van der Waals surface area contributed by atoms with Crippen LogP contribution in [0.5, 0.6) is 0 Å². The summed E-state index contributed by atoms with van der Waals surface area (Å²) >= 11 is 0.922. The second-order valence-electron chi connectivity index (χ2n) is 4.71. The van der Waals surface area contributed by atoms with Crippen molar-refractivity contribution in [2.24, 2.45) is 0 Å². The third-order valence-electron chi connectivity index (χ3n) is 2.85. The van der Waals surface area contributed by atoms with Crippen LogP contribution in [-0.2, 0) is 34.1 Å². The maximum atomic E-state index is 13.3. The Bertz CT molecular complexity index is 742. The summed E-state index contributed by atoms with van der Waals surface area (Å²) in [4.78, 5) is -1.11. The number of hydrogen-bond donors (Lipinski definition) is 0. The Hall–Kier alpha value is -0.580. The van der Waals surface area contributed by atoms with Gasteiger partial charge in [0, 0.05) is 4.90 Å². The highest BCUT2D eigenvalue weighted by Gasteiger charge is 2.40. The molecule has 0 bridgehead atoms. The van der Waals surface area contributed by atoms with Crippen molar-refractivity contribution in [2.75, 3.05) is 25.3 Å². The lowest BCUT2D eigenvalue weighted by Crippen LogP contribution is -2.17. The van der Waals surface area contributed by atoms with Crippen molar-refractivity contribution in [3.8, 4) is 0 Å². The van der Waals surface area contributed by atoms with Gasteiger partial charge in [0.15, 0.2) is 6.35 Å². The predicted octanol–water partition coefficient (Wildman–Crippen LogP) is 4.75. The number of thioether (sulfide) groups is 1. The highest BCUT2D eigenvalue weighted by Crippen LogP contribution is 2.49. The Morgan fingerprint density at radius 1 is 1.12 bits per heavy atom. The number of hydrogen-bond acceptors (Lipinski definition) is 7. The molecule has 1 rings (SSSR count). The summed E-state index contributed by atoms with van der Waals surface area (Å²) in [5, 5.41) is 0. The third-order valence-corrected chi connectivity index (χ3v) is 7.21. The SMILES string of the molecule is CCOP(=O)(COS(=O)(=O)c1c(SCC)cccc1C(F)(F)F)OCC. The molecule has 0 aliphatic heterocycles. The predicted molar refractivity (Wildman–Crippen MR) is 91.8 cm³/mol. The first-order valence-corrected chi connectivity index (χ1v) is 11.7. The van der Waals surface area contributed by atoms with Crippen LogP contribution in [0.15, 0.2) is 28.0 Å². The molecule has 0 heterocycles. The van der Waals surface area contributed by atoms with E-state index in [4.69, 9.17) is 9.05 Å². The Balaban J connectivity index is 3.32. The van der Waals surface area contributed by atoms with Gasteiger partial charge in [-0.3, -0.25) is 8.75 Å². The van der Waals surface area contributed by atoms with E-state index in [0.717, 1.165) is 17.8 Å². The largest absolute Gasteiger partial charge is 0.417 e. The molecule has 0 radical (unpaired) electrons. The Morgan fingerprint density at radius 3 is 2.15 bits per heavy atom. The van der Waals surface area contributed by atoms with Crippen LogP contribution >= 0.6 is 19.4 Å². The van der Waals surface area contributed by atoms with E-state index in [0.29, 0.717) is 11.8 Å². The van der Waals surface area contributed by atoms with Gasteiger partial charge >= 0.3 is 13.8 Å². The lowest BCUT2D eigenvalue weighted by Gasteiger charge is -2.19. The van der Waals surface area contributed by atoms with E-state index in [1.807, 2.05) is 0 Å². The van der Waals surface area contributed by atoms with Crippen molar-refractivity contribution in [3.05, 3.63) is 23.8 Å².